The van der Waals surface area contributed by atoms with Crippen molar-refractivity contribution >= 4 is 10.9 Å². The van der Waals surface area contributed by atoms with E-state index in [1.165, 1.54) is 19.1 Å². The van der Waals surface area contributed by atoms with Gasteiger partial charge in [-0.2, -0.15) is 17.6 Å². The zero-order valence-corrected chi connectivity index (χ0v) is 22.5. The number of benzene rings is 2. The van der Waals surface area contributed by atoms with E-state index in [9.17, 15) is 22.0 Å². The Kier molecular flexibility index (Phi) is 7.35. The van der Waals surface area contributed by atoms with Gasteiger partial charge < -0.3 is 14.2 Å². The molecule has 4 atom stereocenters. The molecule has 5 nitrogen and oxygen atoms in total. The maximum atomic E-state index is 15.1. The maximum absolute atomic E-state index is 15.1. The van der Waals surface area contributed by atoms with Gasteiger partial charge in [-0.3, -0.25) is 4.98 Å². The Hall–Kier alpha value is -3.86. The maximum Gasteiger partial charge on any atom is 0.417 e. The van der Waals surface area contributed by atoms with Crippen molar-refractivity contribution in [1.29, 1.82) is 0 Å². The van der Waals surface area contributed by atoms with Gasteiger partial charge in [-0.25, -0.2) is 13.8 Å². The molecule has 0 bridgehead atoms. The Morgan fingerprint density at radius 3 is 2.39 bits per heavy atom. The Morgan fingerprint density at radius 1 is 1.02 bits per heavy atom. The highest BCUT2D eigenvalue weighted by molar-refractivity contribution is 5.87. The van der Waals surface area contributed by atoms with Crippen LogP contribution in [0.25, 0.3) is 10.9 Å². The van der Waals surface area contributed by atoms with Crippen molar-refractivity contribution in [3.05, 3.63) is 94.7 Å². The Labute approximate surface area is 232 Å². The molecule has 0 spiro atoms. The number of aromatic nitrogens is 2. The van der Waals surface area contributed by atoms with Crippen molar-refractivity contribution in [1.82, 2.24) is 9.97 Å². The summed E-state index contributed by atoms with van der Waals surface area (Å²) in [4.78, 5) is 8.44. The molecule has 2 aromatic heterocycles. The van der Waals surface area contributed by atoms with E-state index >= 15 is 4.39 Å². The molecule has 11 heteroatoms. The van der Waals surface area contributed by atoms with E-state index in [-0.39, 0.29) is 34.5 Å². The summed E-state index contributed by atoms with van der Waals surface area (Å²) in [5.41, 5.74) is -1.83. The van der Waals surface area contributed by atoms with Gasteiger partial charge >= 0.3 is 6.18 Å². The number of pyridine rings is 2. The van der Waals surface area contributed by atoms with Gasteiger partial charge in [-0.05, 0) is 25.5 Å². The summed E-state index contributed by atoms with van der Waals surface area (Å²) >= 11 is 0. The Bertz CT molecular complexity index is 1600. The summed E-state index contributed by atoms with van der Waals surface area (Å²) in [5, 5.41) is 0.247. The second-order valence-corrected chi connectivity index (χ2v) is 10.2. The van der Waals surface area contributed by atoms with Gasteiger partial charge in [-0.1, -0.05) is 43.3 Å². The SMILES string of the molecule is COc1c([C@H]2[C@H](c3cc(OCc4ccccc4)c4c(C)ncc(F)c4n3)O[C@@](C)(C(F)(F)F)[C@H]2C)ccc(F)c1F. The van der Waals surface area contributed by atoms with E-state index in [1.807, 2.05) is 30.3 Å². The quantitative estimate of drug-likeness (QED) is 0.220. The molecule has 3 heterocycles. The van der Waals surface area contributed by atoms with Crippen LogP contribution in [0.4, 0.5) is 26.3 Å². The molecule has 0 unspecified atom stereocenters. The molecule has 4 aromatic rings. The van der Waals surface area contributed by atoms with Crippen molar-refractivity contribution in [2.75, 3.05) is 7.11 Å². The first kappa shape index (κ1) is 28.7. The standard InChI is InChI=1S/C30H26F6N2O3/c1-15-23(18-10-11-19(31)25(33)27(18)39-4)28(41-29(15,3)30(34,35)36)21-12-22(40-14-17-8-6-5-7-9-17)24-16(2)37-13-20(32)26(24)38-21/h5-13,15,23,28H,14H2,1-4H3/t15-,23-,28-,29+/m0/s1. The van der Waals surface area contributed by atoms with Gasteiger partial charge in [0.05, 0.1) is 30.1 Å². The first-order valence-corrected chi connectivity index (χ1v) is 12.8. The van der Waals surface area contributed by atoms with Crippen molar-refractivity contribution in [3.8, 4) is 11.5 Å². The van der Waals surface area contributed by atoms with Gasteiger partial charge in [0.1, 0.15) is 24.0 Å². The van der Waals surface area contributed by atoms with E-state index in [1.54, 1.807) is 6.92 Å². The molecule has 1 fully saturated rings. The number of fused-ring (bicyclic) bond motifs is 1. The second-order valence-electron chi connectivity index (χ2n) is 10.2. The predicted octanol–water partition coefficient (Wildman–Crippen LogP) is 7.76. The molecule has 1 saturated heterocycles. The summed E-state index contributed by atoms with van der Waals surface area (Å²) in [6.45, 7) is 3.89. The lowest BCUT2D eigenvalue weighted by molar-refractivity contribution is -0.275. The van der Waals surface area contributed by atoms with Gasteiger partial charge in [-0.15, -0.1) is 0 Å². The van der Waals surface area contributed by atoms with Crippen LogP contribution in [0.3, 0.4) is 0 Å². The molecule has 0 radical (unpaired) electrons. The molecular formula is C30H26F6N2O3. The highest BCUT2D eigenvalue weighted by Gasteiger charge is 2.65. The molecular weight excluding hydrogens is 550 g/mol. The Morgan fingerprint density at radius 2 is 1.73 bits per heavy atom. The Balaban J connectivity index is 1.72. The van der Waals surface area contributed by atoms with Crippen molar-refractivity contribution < 1.29 is 40.6 Å². The minimum atomic E-state index is -4.85. The third-order valence-electron chi connectivity index (χ3n) is 7.80. The average Bonchev–Trinajstić information content (AvgIpc) is 3.22. The highest BCUT2D eigenvalue weighted by atomic mass is 19.4. The topological polar surface area (TPSA) is 53.5 Å². The van der Waals surface area contributed by atoms with Crippen molar-refractivity contribution in [2.24, 2.45) is 5.92 Å². The number of aryl methyl sites for hydroxylation is 1. The number of methoxy groups -OCH3 is 1. The average molecular weight is 577 g/mol. The van der Waals surface area contributed by atoms with Crippen LogP contribution in [-0.2, 0) is 11.3 Å². The molecule has 2 aromatic carbocycles. The van der Waals surface area contributed by atoms with E-state index in [2.05, 4.69) is 9.97 Å². The van der Waals surface area contributed by atoms with Gasteiger partial charge in [0, 0.05) is 23.5 Å². The van der Waals surface area contributed by atoms with Gasteiger partial charge in [0.2, 0.25) is 5.82 Å². The zero-order chi connectivity index (χ0) is 29.7. The van der Waals surface area contributed by atoms with E-state index < -0.39 is 52.9 Å². The largest absolute Gasteiger partial charge is 0.493 e. The van der Waals surface area contributed by atoms with Crippen LogP contribution in [0, 0.1) is 30.3 Å². The smallest absolute Gasteiger partial charge is 0.417 e. The number of alkyl halides is 3. The molecule has 1 aliphatic rings. The van der Waals surface area contributed by atoms with Gasteiger partial charge in [0.15, 0.2) is 23.0 Å². The minimum absolute atomic E-state index is 0.0445. The number of halogens is 6. The highest BCUT2D eigenvalue weighted by Crippen LogP contribution is 2.59. The van der Waals surface area contributed by atoms with Crippen LogP contribution in [0.15, 0.2) is 54.7 Å². The van der Waals surface area contributed by atoms with Crippen LogP contribution in [0.5, 0.6) is 11.5 Å². The predicted molar refractivity (Wildman–Crippen MR) is 138 cm³/mol. The number of nitrogens with zero attached hydrogens (tertiary/aromatic N) is 2. The lowest BCUT2D eigenvalue weighted by atomic mass is 9.76. The first-order chi connectivity index (χ1) is 19.4. The molecule has 0 N–H and O–H groups in total. The number of hydrogen-bond acceptors (Lipinski definition) is 5. The fourth-order valence-electron chi connectivity index (χ4n) is 5.40. The van der Waals surface area contributed by atoms with Crippen LogP contribution in [-0.4, -0.2) is 28.9 Å². The molecule has 0 saturated carbocycles. The number of ether oxygens (including phenoxy) is 3. The fourth-order valence-corrected chi connectivity index (χ4v) is 5.40. The summed E-state index contributed by atoms with van der Waals surface area (Å²) < 4.78 is 104. The normalized spacial score (nSPS) is 22.7. The monoisotopic (exact) mass is 576 g/mol. The first-order valence-electron chi connectivity index (χ1n) is 12.8. The van der Waals surface area contributed by atoms with Crippen LogP contribution < -0.4 is 9.47 Å². The molecule has 216 valence electrons. The molecule has 41 heavy (non-hydrogen) atoms. The molecule has 0 aliphatic carbocycles. The minimum Gasteiger partial charge on any atom is -0.493 e. The summed E-state index contributed by atoms with van der Waals surface area (Å²) in [6, 6.07) is 12.5. The lowest BCUT2D eigenvalue weighted by Crippen LogP contribution is -2.46. The summed E-state index contributed by atoms with van der Waals surface area (Å²) in [7, 11) is 1.09. The van der Waals surface area contributed by atoms with Crippen LogP contribution in [0.2, 0.25) is 0 Å². The van der Waals surface area contributed by atoms with Crippen molar-refractivity contribution in [2.45, 2.75) is 51.2 Å². The molecule has 1 aliphatic heterocycles. The fraction of sp³-hybridized carbons (Fsp3) is 0.333. The molecule has 5 rings (SSSR count). The zero-order valence-electron chi connectivity index (χ0n) is 22.5. The summed E-state index contributed by atoms with van der Waals surface area (Å²) in [5.74, 6) is -6.34. The van der Waals surface area contributed by atoms with E-state index in [0.29, 0.717) is 5.69 Å². The number of rotatable bonds is 6. The third kappa shape index (κ3) is 4.86. The van der Waals surface area contributed by atoms with Crippen molar-refractivity contribution in [3.63, 3.8) is 0 Å². The second kappa shape index (κ2) is 10.5. The summed E-state index contributed by atoms with van der Waals surface area (Å²) in [6.07, 6.45) is -5.35. The number of hydrogen-bond donors (Lipinski definition) is 0. The van der Waals surface area contributed by atoms with Gasteiger partial charge in [0.25, 0.3) is 0 Å². The van der Waals surface area contributed by atoms with Crippen LogP contribution in [0.1, 0.15) is 48.4 Å². The lowest BCUT2D eigenvalue weighted by Gasteiger charge is -2.32. The van der Waals surface area contributed by atoms with E-state index in [4.69, 9.17) is 14.2 Å². The van der Waals surface area contributed by atoms with Crippen LogP contribution >= 0.6 is 0 Å². The van der Waals surface area contributed by atoms with E-state index in [0.717, 1.165) is 31.9 Å². The molecule has 0 amide bonds. The third-order valence-corrected chi connectivity index (χ3v) is 7.80.